The minimum Gasteiger partial charge on any atom is -0.409 e. The minimum absolute atomic E-state index is 0.101. The number of hydrogen-bond donors (Lipinski definition) is 1. The van der Waals surface area contributed by atoms with Gasteiger partial charge in [0.2, 0.25) is 5.82 Å². The molecular weight excluding hydrogens is 317 g/mol. The predicted octanol–water partition coefficient (Wildman–Crippen LogP) is 0.977. The van der Waals surface area contributed by atoms with Crippen LogP contribution in [0.3, 0.4) is 0 Å². The molecule has 7 nitrogen and oxygen atoms in total. The summed E-state index contributed by atoms with van der Waals surface area (Å²) in [6.45, 7) is 2.74. The summed E-state index contributed by atoms with van der Waals surface area (Å²) in [6.07, 6.45) is 1.49. The van der Waals surface area contributed by atoms with Gasteiger partial charge in [-0.15, -0.1) is 4.73 Å². The molecule has 1 aliphatic rings. The van der Waals surface area contributed by atoms with Crippen molar-refractivity contribution in [1.29, 1.82) is 0 Å². The number of fused-ring (bicyclic) bond motifs is 1. The average molecular weight is 335 g/mol. The Morgan fingerprint density at radius 3 is 2.96 bits per heavy atom. The minimum atomic E-state index is -0.894. The first-order valence-corrected chi connectivity index (χ1v) is 7.80. The summed E-state index contributed by atoms with van der Waals surface area (Å²) >= 11 is 0. The van der Waals surface area contributed by atoms with Crippen LogP contribution in [0.2, 0.25) is 0 Å². The Morgan fingerprint density at radius 1 is 1.54 bits per heavy atom. The Morgan fingerprint density at radius 2 is 2.33 bits per heavy atom. The third-order valence-electron chi connectivity index (χ3n) is 4.03. The Hall–Kier alpha value is -2.48. The van der Waals surface area contributed by atoms with E-state index in [-0.39, 0.29) is 34.8 Å². The van der Waals surface area contributed by atoms with Crippen LogP contribution in [-0.2, 0) is 4.74 Å². The molecule has 2 N–H and O–H groups in total. The summed E-state index contributed by atoms with van der Waals surface area (Å²) in [4.78, 5) is 33.7. The maximum Gasteiger partial charge on any atom is 0.295 e. The predicted molar refractivity (Wildman–Crippen MR) is 84.4 cm³/mol. The quantitative estimate of drug-likeness (QED) is 0.898. The van der Waals surface area contributed by atoms with Gasteiger partial charge in [-0.3, -0.25) is 9.59 Å². The number of rotatable bonds is 4. The number of nitrogens with two attached hydrogens (primary N) is 1. The Balaban J connectivity index is 2.32. The molecule has 1 aromatic carbocycles. The van der Waals surface area contributed by atoms with Crippen LogP contribution < -0.4 is 16.1 Å². The molecule has 2 heterocycles. The van der Waals surface area contributed by atoms with E-state index in [4.69, 9.17) is 15.3 Å². The second-order valence-corrected chi connectivity index (χ2v) is 5.59. The number of hydrogen-bond acceptors (Lipinski definition) is 5. The van der Waals surface area contributed by atoms with Crippen molar-refractivity contribution in [1.82, 2.24) is 9.71 Å². The van der Waals surface area contributed by atoms with Crippen LogP contribution in [0.15, 0.2) is 16.9 Å². The van der Waals surface area contributed by atoms with Crippen molar-refractivity contribution in [3.63, 3.8) is 0 Å². The third kappa shape index (κ3) is 2.73. The van der Waals surface area contributed by atoms with E-state index in [0.29, 0.717) is 19.6 Å². The number of ether oxygens (including phenoxy) is 1. The van der Waals surface area contributed by atoms with Gasteiger partial charge in [0.25, 0.3) is 11.5 Å². The number of benzene rings is 1. The van der Waals surface area contributed by atoms with Crippen molar-refractivity contribution in [3.8, 4) is 0 Å². The number of carbonyl (C=O) groups is 1. The zero-order valence-corrected chi connectivity index (χ0v) is 13.3. The highest BCUT2D eigenvalue weighted by atomic mass is 19.1. The van der Waals surface area contributed by atoms with Crippen molar-refractivity contribution < 1.29 is 18.8 Å². The average Bonchev–Trinajstić information content (AvgIpc) is 2.58. The maximum absolute atomic E-state index is 14.5. The van der Waals surface area contributed by atoms with E-state index in [1.165, 1.54) is 12.1 Å². The van der Waals surface area contributed by atoms with Crippen molar-refractivity contribution in [2.45, 2.75) is 25.7 Å². The Kier molecular flexibility index (Phi) is 4.48. The maximum atomic E-state index is 14.5. The van der Waals surface area contributed by atoms with Crippen LogP contribution in [0, 0.1) is 5.82 Å². The summed E-state index contributed by atoms with van der Waals surface area (Å²) in [6, 6.07) is 2.61. The van der Waals surface area contributed by atoms with Crippen molar-refractivity contribution in [2.75, 3.05) is 19.8 Å². The van der Waals surface area contributed by atoms with Crippen LogP contribution in [-0.4, -0.2) is 35.4 Å². The normalized spacial score (nSPS) is 17.8. The highest BCUT2D eigenvalue weighted by Crippen LogP contribution is 2.31. The molecule has 128 valence electrons. The standard InChI is InChI=1S/C16H18FN3O4/c1-2-24-20-15(14(18)21)19-11-6-5-10(17)12(13(11)16(20)22)9-4-3-7-23-8-9/h5-6,9H,2-4,7-8H2,1H3,(H2,18,21). The van der Waals surface area contributed by atoms with Crippen molar-refractivity contribution >= 4 is 16.8 Å². The number of nitrogens with zero attached hydrogens (tertiary/aromatic N) is 2. The largest absolute Gasteiger partial charge is 0.409 e. The molecule has 1 unspecified atom stereocenters. The zero-order valence-electron chi connectivity index (χ0n) is 13.3. The zero-order chi connectivity index (χ0) is 17.3. The summed E-state index contributed by atoms with van der Waals surface area (Å²) in [5.41, 5.74) is 5.11. The molecule has 1 aromatic heterocycles. The summed E-state index contributed by atoms with van der Waals surface area (Å²) in [7, 11) is 0. The Bertz CT molecular complexity index is 843. The fourth-order valence-electron chi connectivity index (χ4n) is 3.03. The molecule has 1 aliphatic heterocycles. The van der Waals surface area contributed by atoms with Gasteiger partial charge in [-0.25, -0.2) is 9.37 Å². The van der Waals surface area contributed by atoms with Gasteiger partial charge in [-0.1, -0.05) is 0 Å². The highest BCUT2D eigenvalue weighted by Gasteiger charge is 2.26. The number of amides is 1. The fraction of sp³-hybridized carbons (Fsp3) is 0.438. The molecule has 3 rings (SSSR count). The van der Waals surface area contributed by atoms with Crippen LogP contribution in [0.4, 0.5) is 4.39 Å². The smallest absolute Gasteiger partial charge is 0.295 e. The molecule has 2 aromatic rings. The molecule has 0 aliphatic carbocycles. The van der Waals surface area contributed by atoms with Gasteiger partial charge < -0.3 is 15.3 Å². The van der Waals surface area contributed by atoms with E-state index >= 15 is 0 Å². The topological polar surface area (TPSA) is 96.4 Å². The summed E-state index contributed by atoms with van der Waals surface area (Å²) in [5, 5.41) is 0.101. The first-order valence-electron chi connectivity index (χ1n) is 7.80. The SMILES string of the molecule is CCOn1c(C(N)=O)nc2ccc(F)c(C3CCCOC3)c2c1=O. The number of primary amides is 1. The molecule has 0 saturated carbocycles. The summed E-state index contributed by atoms with van der Waals surface area (Å²) in [5.74, 6) is -1.95. The second kappa shape index (κ2) is 6.56. The lowest BCUT2D eigenvalue weighted by molar-refractivity contribution is 0.0790. The second-order valence-electron chi connectivity index (χ2n) is 5.59. The molecule has 1 amide bonds. The Labute approximate surface area is 137 Å². The van der Waals surface area contributed by atoms with E-state index in [0.717, 1.165) is 11.2 Å². The lowest BCUT2D eigenvalue weighted by atomic mass is 9.90. The van der Waals surface area contributed by atoms with E-state index < -0.39 is 17.3 Å². The fourth-order valence-corrected chi connectivity index (χ4v) is 3.03. The van der Waals surface area contributed by atoms with E-state index in [9.17, 15) is 14.0 Å². The first-order chi connectivity index (χ1) is 11.5. The van der Waals surface area contributed by atoms with Gasteiger partial charge in [0, 0.05) is 18.1 Å². The van der Waals surface area contributed by atoms with Crippen molar-refractivity contribution in [2.24, 2.45) is 5.73 Å². The number of halogens is 1. The van der Waals surface area contributed by atoms with Crippen LogP contribution in [0.25, 0.3) is 10.9 Å². The van der Waals surface area contributed by atoms with Gasteiger partial charge in [0.15, 0.2) is 0 Å². The molecule has 1 fully saturated rings. The van der Waals surface area contributed by atoms with E-state index in [2.05, 4.69) is 4.98 Å². The van der Waals surface area contributed by atoms with Crippen molar-refractivity contribution in [3.05, 3.63) is 39.7 Å². The van der Waals surface area contributed by atoms with Crippen LogP contribution in [0.1, 0.15) is 41.9 Å². The van der Waals surface area contributed by atoms with Gasteiger partial charge >= 0.3 is 0 Å². The molecule has 1 atom stereocenters. The lowest BCUT2D eigenvalue weighted by Crippen LogP contribution is -2.36. The monoisotopic (exact) mass is 335 g/mol. The van der Waals surface area contributed by atoms with Gasteiger partial charge in [0.05, 0.1) is 17.5 Å². The molecule has 0 spiro atoms. The summed E-state index contributed by atoms with van der Waals surface area (Å²) < 4.78 is 20.7. The van der Waals surface area contributed by atoms with Crippen LogP contribution >= 0.6 is 0 Å². The first kappa shape index (κ1) is 16.4. The van der Waals surface area contributed by atoms with E-state index in [1.54, 1.807) is 6.92 Å². The molecule has 0 bridgehead atoms. The van der Waals surface area contributed by atoms with E-state index in [1.807, 2.05) is 0 Å². The number of aromatic nitrogens is 2. The van der Waals surface area contributed by atoms with Crippen LogP contribution in [0.5, 0.6) is 0 Å². The molecular formula is C16H18FN3O4. The number of carbonyl (C=O) groups excluding carboxylic acids is 1. The lowest BCUT2D eigenvalue weighted by Gasteiger charge is -2.24. The van der Waals surface area contributed by atoms with Gasteiger partial charge in [0.1, 0.15) is 12.4 Å². The molecule has 1 saturated heterocycles. The molecule has 24 heavy (non-hydrogen) atoms. The molecule has 8 heteroatoms. The highest BCUT2D eigenvalue weighted by molar-refractivity contribution is 5.92. The van der Waals surface area contributed by atoms with Gasteiger partial charge in [-0.2, -0.15) is 0 Å². The third-order valence-corrected chi connectivity index (χ3v) is 4.03. The molecule has 0 radical (unpaired) electrons. The van der Waals surface area contributed by atoms with Gasteiger partial charge in [-0.05, 0) is 31.9 Å².